The molecule has 1 aliphatic heterocycles. The van der Waals surface area contributed by atoms with Crippen molar-refractivity contribution in [2.24, 2.45) is 0 Å². The van der Waals surface area contributed by atoms with E-state index >= 15 is 0 Å². The molecule has 0 spiro atoms. The first-order valence-electron chi connectivity index (χ1n) is 5.63. The highest BCUT2D eigenvalue weighted by molar-refractivity contribution is 5.91. The van der Waals surface area contributed by atoms with Crippen LogP contribution in [0.3, 0.4) is 0 Å². The molecule has 0 atom stereocenters. The van der Waals surface area contributed by atoms with Gasteiger partial charge in [0.25, 0.3) is 0 Å². The summed E-state index contributed by atoms with van der Waals surface area (Å²) in [4.78, 5) is 15.3. The van der Waals surface area contributed by atoms with Gasteiger partial charge in [-0.3, -0.25) is 4.98 Å². The summed E-state index contributed by atoms with van der Waals surface area (Å²) >= 11 is 0. The molecule has 3 heterocycles. The van der Waals surface area contributed by atoms with E-state index in [4.69, 9.17) is 0 Å². The molecule has 0 aromatic carbocycles. The topological polar surface area (TPSA) is 55.1 Å². The van der Waals surface area contributed by atoms with Crippen molar-refractivity contribution < 1.29 is 9.90 Å². The van der Waals surface area contributed by atoms with Crippen LogP contribution in [-0.4, -0.2) is 20.6 Å². The lowest BCUT2D eigenvalue weighted by Gasteiger charge is -2.04. The van der Waals surface area contributed by atoms with Gasteiger partial charge in [-0.25, -0.2) is 4.79 Å². The van der Waals surface area contributed by atoms with Crippen molar-refractivity contribution in [3.05, 3.63) is 41.9 Å². The predicted molar refractivity (Wildman–Crippen MR) is 62.9 cm³/mol. The Hall–Kier alpha value is -2.10. The number of nitrogens with zero attached hydrogens (tertiary/aromatic N) is 2. The molecule has 0 saturated heterocycles. The molecular weight excluding hydrogens is 216 g/mol. The maximum Gasteiger partial charge on any atom is 0.337 e. The van der Waals surface area contributed by atoms with Crippen LogP contribution in [0.1, 0.15) is 22.5 Å². The van der Waals surface area contributed by atoms with Crippen LogP contribution < -0.4 is 0 Å². The van der Waals surface area contributed by atoms with E-state index < -0.39 is 5.97 Å². The highest BCUT2D eigenvalue weighted by Crippen LogP contribution is 2.30. The Balaban J connectivity index is 2.19. The van der Waals surface area contributed by atoms with Gasteiger partial charge >= 0.3 is 5.97 Å². The fourth-order valence-corrected chi connectivity index (χ4v) is 2.46. The van der Waals surface area contributed by atoms with Crippen LogP contribution in [0.25, 0.3) is 11.3 Å². The lowest BCUT2D eigenvalue weighted by atomic mass is 10.1. The van der Waals surface area contributed by atoms with Crippen LogP contribution in [0.2, 0.25) is 0 Å². The van der Waals surface area contributed by atoms with Crippen LogP contribution in [-0.2, 0) is 13.0 Å². The summed E-state index contributed by atoms with van der Waals surface area (Å²) in [6.45, 7) is 0.896. The standard InChI is InChI=1S/C13H12N2O2/c16-13(17)10-7-12(9-3-1-5-14-8-9)15-6-2-4-11(10)15/h1,3,5,7-8H,2,4,6H2,(H,16,17). The molecule has 4 nitrogen and oxygen atoms in total. The minimum Gasteiger partial charge on any atom is -0.478 e. The smallest absolute Gasteiger partial charge is 0.337 e. The minimum atomic E-state index is -0.842. The number of aromatic carboxylic acids is 1. The first kappa shape index (κ1) is 10.1. The zero-order chi connectivity index (χ0) is 11.8. The van der Waals surface area contributed by atoms with Gasteiger partial charge in [-0.05, 0) is 31.0 Å². The number of carboxylic acid groups (broad SMARTS) is 1. The summed E-state index contributed by atoms with van der Waals surface area (Å²) in [5, 5.41) is 9.18. The molecule has 86 valence electrons. The van der Waals surface area contributed by atoms with E-state index in [2.05, 4.69) is 9.55 Å². The molecule has 0 aliphatic carbocycles. The van der Waals surface area contributed by atoms with E-state index in [1.807, 2.05) is 12.1 Å². The molecule has 0 amide bonds. The van der Waals surface area contributed by atoms with Gasteiger partial charge < -0.3 is 9.67 Å². The van der Waals surface area contributed by atoms with Crippen LogP contribution in [0.15, 0.2) is 30.6 Å². The van der Waals surface area contributed by atoms with Crippen LogP contribution in [0, 0.1) is 0 Å². The van der Waals surface area contributed by atoms with Crippen molar-refractivity contribution in [3.8, 4) is 11.3 Å². The number of hydrogen-bond acceptors (Lipinski definition) is 2. The molecule has 0 saturated carbocycles. The first-order valence-corrected chi connectivity index (χ1v) is 5.63. The van der Waals surface area contributed by atoms with Crippen LogP contribution in [0.5, 0.6) is 0 Å². The summed E-state index contributed by atoms with van der Waals surface area (Å²) < 4.78 is 2.10. The normalized spacial score (nSPS) is 13.6. The molecule has 3 rings (SSSR count). The molecule has 0 fully saturated rings. The van der Waals surface area contributed by atoms with Crippen molar-refractivity contribution in [3.63, 3.8) is 0 Å². The minimum absolute atomic E-state index is 0.432. The SMILES string of the molecule is O=C(O)c1cc(-c2cccnc2)n2c1CCC2. The number of pyridine rings is 1. The van der Waals surface area contributed by atoms with Crippen molar-refractivity contribution in [1.29, 1.82) is 0 Å². The highest BCUT2D eigenvalue weighted by atomic mass is 16.4. The predicted octanol–water partition coefficient (Wildman–Crippen LogP) is 2.19. The molecule has 17 heavy (non-hydrogen) atoms. The fraction of sp³-hybridized carbons (Fsp3) is 0.231. The van der Waals surface area contributed by atoms with Gasteiger partial charge in [-0.1, -0.05) is 0 Å². The quantitative estimate of drug-likeness (QED) is 0.857. The van der Waals surface area contributed by atoms with E-state index in [9.17, 15) is 9.90 Å². The lowest BCUT2D eigenvalue weighted by molar-refractivity contribution is 0.0696. The summed E-state index contributed by atoms with van der Waals surface area (Å²) in [5.41, 5.74) is 3.31. The van der Waals surface area contributed by atoms with Gasteiger partial charge in [0.05, 0.1) is 11.3 Å². The Labute approximate surface area is 98.5 Å². The van der Waals surface area contributed by atoms with Crippen molar-refractivity contribution in [2.45, 2.75) is 19.4 Å². The van der Waals surface area contributed by atoms with Crippen LogP contribution >= 0.6 is 0 Å². The molecular formula is C13H12N2O2. The van der Waals surface area contributed by atoms with Gasteiger partial charge in [0.1, 0.15) is 0 Å². The Bertz CT molecular complexity index is 573. The summed E-state index contributed by atoms with van der Waals surface area (Å²) in [6, 6.07) is 5.58. The van der Waals surface area contributed by atoms with Crippen molar-refractivity contribution >= 4 is 5.97 Å². The summed E-state index contributed by atoms with van der Waals surface area (Å²) in [7, 11) is 0. The number of hydrogen-bond donors (Lipinski definition) is 1. The summed E-state index contributed by atoms with van der Waals surface area (Å²) in [6.07, 6.45) is 5.35. The molecule has 0 bridgehead atoms. The van der Waals surface area contributed by atoms with Gasteiger partial charge in [0, 0.05) is 30.2 Å². The molecule has 1 N–H and O–H groups in total. The highest BCUT2D eigenvalue weighted by Gasteiger charge is 2.23. The van der Waals surface area contributed by atoms with Gasteiger partial charge in [-0.15, -0.1) is 0 Å². The lowest BCUT2D eigenvalue weighted by Crippen LogP contribution is -1.99. The Morgan fingerprint density at radius 2 is 2.35 bits per heavy atom. The third kappa shape index (κ3) is 1.53. The average Bonchev–Trinajstić information content (AvgIpc) is 2.90. The first-order chi connectivity index (χ1) is 8.27. The fourth-order valence-electron chi connectivity index (χ4n) is 2.46. The largest absolute Gasteiger partial charge is 0.478 e. The Kier molecular flexibility index (Phi) is 2.21. The second-order valence-electron chi connectivity index (χ2n) is 4.19. The van der Waals surface area contributed by atoms with E-state index in [-0.39, 0.29) is 0 Å². The second kappa shape index (κ2) is 3.73. The van der Waals surface area contributed by atoms with Crippen LogP contribution in [0.4, 0.5) is 0 Å². The molecule has 4 heteroatoms. The maximum absolute atomic E-state index is 11.2. The molecule has 2 aromatic heterocycles. The zero-order valence-electron chi connectivity index (χ0n) is 9.26. The average molecular weight is 228 g/mol. The molecule has 0 unspecified atom stereocenters. The monoisotopic (exact) mass is 228 g/mol. The number of rotatable bonds is 2. The Morgan fingerprint density at radius 1 is 1.47 bits per heavy atom. The number of fused-ring (bicyclic) bond motifs is 1. The number of carbonyl (C=O) groups is 1. The molecule has 1 aliphatic rings. The van der Waals surface area contributed by atoms with Gasteiger partial charge in [0.2, 0.25) is 0 Å². The number of carboxylic acids is 1. The van der Waals surface area contributed by atoms with E-state index in [1.165, 1.54) is 0 Å². The van der Waals surface area contributed by atoms with Crippen molar-refractivity contribution in [1.82, 2.24) is 9.55 Å². The zero-order valence-corrected chi connectivity index (χ0v) is 9.26. The van der Waals surface area contributed by atoms with E-state index in [0.29, 0.717) is 5.56 Å². The third-order valence-electron chi connectivity index (χ3n) is 3.19. The van der Waals surface area contributed by atoms with Crippen molar-refractivity contribution in [2.75, 3.05) is 0 Å². The molecule has 2 aromatic rings. The van der Waals surface area contributed by atoms with Gasteiger partial charge in [0.15, 0.2) is 0 Å². The van der Waals surface area contributed by atoms with E-state index in [1.54, 1.807) is 18.5 Å². The summed E-state index contributed by atoms with van der Waals surface area (Å²) in [5.74, 6) is -0.842. The van der Waals surface area contributed by atoms with Gasteiger partial charge in [-0.2, -0.15) is 0 Å². The Morgan fingerprint density at radius 3 is 3.06 bits per heavy atom. The maximum atomic E-state index is 11.2. The van der Waals surface area contributed by atoms with E-state index in [0.717, 1.165) is 36.3 Å². The third-order valence-corrected chi connectivity index (χ3v) is 3.19. The molecule has 0 radical (unpaired) electrons. The number of aromatic nitrogens is 2. The second-order valence-corrected chi connectivity index (χ2v) is 4.19.